The van der Waals surface area contributed by atoms with Crippen LogP contribution in [-0.4, -0.2) is 32.3 Å². The van der Waals surface area contributed by atoms with Gasteiger partial charge in [0.2, 0.25) is 0 Å². The van der Waals surface area contributed by atoms with E-state index in [0.717, 1.165) is 34.8 Å². The summed E-state index contributed by atoms with van der Waals surface area (Å²) in [7, 11) is 0. The second-order valence-corrected chi connectivity index (χ2v) is 5.63. The minimum absolute atomic E-state index is 0.0198. The van der Waals surface area contributed by atoms with E-state index in [1.165, 1.54) is 0 Å². The highest BCUT2D eigenvalue weighted by molar-refractivity contribution is 5.77. The SMILES string of the molecule is Cc1ccccc1OCC(=O)NCCc1ccc2c(c1)OCCO2. The van der Waals surface area contributed by atoms with Crippen molar-refractivity contribution in [1.82, 2.24) is 5.32 Å². The maximum atomic E-state index is 11.9. The van der Waals surface area contributed by atoms with E-state index < -0.39 is 0 Å². The lowest BCUT2D eigenvalue weighted by Crippen LogP contribution is -2.30. The van der Waals surface area contributed by atoms with Crippen molar-refractivity contribution in [2.24, 2.45) is 0 Å². The van der Waals surface area contributed by atoms with Gasteiger partial charge in [0.1, 0.15) is 19.0 Å². The quantitative estimate of drug-likeness (QED) is 0.886. The average Bonchev–Trinajstić information content (AvgIpc) is 2.61. The third-order valence-corrected chi connectivity index (χ3v) is 3.79. The Balaban J connectivity index is 1.43. The lowest BCUT2D eigenvalue weighted by Gasteiger charge is -2.18. The van der Waals surface area contributed by atoms with Crippen LogP contribution >= 0.6 is 0 Å². The number of ether oxygens (including phenoxy) is 3. The Labute approximate surface area is 141 Å². The average molecular weight is 327 g/mol. The molecule has 0 spiro atoms. The zero-order chi connectivity index (χ0) is 16.8. The monoisotopic (exact) mass is 327 g/mol. The minimum Gasteiger partial charge on any atom is -0.486 e. The fourth-order valence-electron chi connectivity index (χ4n) is 2.50. The number of carbonyl (C=O) groups is 1. The molecule has 126 valence electrons. The Kier molecular flexibility index (Phi) is 5.21. The summed E-state index contributed by atoms with van der Waals surface area (Å²) in [4.78, 5) is 11.9. The summed E-state index contributed by atoms with van der Waals surface area (Å²) >= 11 is 0. The highest BCUT2D eigenvalue weighted by atomic mass is 16.6. The first-order valence-corrected chi connectivity index (χ1v) is 8.06. The third-order valence-electron chi connectivity index (χ3n) is 3.79. The number of benzene rings is 2. The summed E-state index contributed by atoms with van der Waals surface area (Å²) in [6.45, 7) is 3.68. The molecule has 1 aliphatic heterocycles. The van der Waals surface area contributed by atoms with Crippen LogP contribution in [0.25, 0.3) is 0 Å². The van der Waals surface area contributed by atoms with Gasteiger partial charge < -0.3 is 19.5 Å². The van der Waals surface area contributed by atoms with E-state index in [4.69, 9.17) is 14.2 Å². The molecule has 0 aliphatic carbocycles. The van der Waals surface area contributed by atoms with E-state index >= 15 is 0 Å². The van der Waals surface area contributed by atoms with E-state index in [0.29, 0.717) is 19.8 Å². The van der Waals surface area contributed by atoms with Crippen LogP contribution in [0.15, 0.2) is 42.5 Å². The summed E-state index contributed by atoms with van der Waals surface area (Å²) in [5.41, 5.74) is 2.11. The van der Waals surface area contributed by atoms with Crippen LogP contribution in [-0.2, 0) is 11.2 Å². The predicted octanol–water partition coefficient (Wildman–Crippen LogP) is 2.50. The van der Waals surface area contributed by atoms with Gasteiger partial charge in [-0.1, -0.05) is 24.3 Å². The normalized spacial score (nSPS) is 12.5. The second-order valence-electron chi connectivity index (χ2n) is 5.63. The first-order valence-electron chi connectivity index (χ1n) is 8.06. The van der Waals surface area contributed by atoms with Crippen LogP contribution in [0.5, 0.6) is 17.2 Å². The molecular formula is C19H21NO4. The van der Waals surface area contributed by atoms with Crippen molar-refractivity contribution < 1.29 is 19.0 Å². The van der Waals surface area contributed by atoms with Crippen LogP contribution in [0.4, 0.5) is 0 Å². The molecule has 2 aromatic rings. The zero-order valence-corrected chi connectivity index (χ0v) is 13.7. The molecule has 0 unspecified atom stereocenters. The highest BCUT2D eigenvalue weighted by Crippen LogP contribution is 2.30. The number of hydrogen-bond acceptors (Lipinski definition) is 4. The number of fused-ring (bicyclic) bond motifs is 1. The molecule has 0 bridgehead atoms. The summed E-state index contributed by atoms with van der Waals surface area (Å²) in [5.74, 6) is 2.16. The van der Waals surface area contributed by atoms with Crippen molar-refractivity contribution in [2.75, 3.05) is 26.4 Å². The fraction of sp³-hybridized carbons (Fsp3) is 0.316. The first-order chi connectivity index (χ1) is 11.7. The van der Waals surface area contributed by atoms with E-state index in [1.807, 2.05) is 49.4 Å². The predicted molar refractivity (Wildman–Crippen MR) is 90.8 cm³/mol. The van der Waals surface area contributed by atoms with Gasteiger partial charge in [0.05, 0.1) is 0 Å². The van der Waals surface area contributed by atoms with Gasteiger partial charge in [-0.2, -0.15) is 0 Å². The van der Waals surface area contributed by atoms with E-state index in [1.54, 1.807) is 0 Å². The van der Waals surface area contributed by atoms with Gasteiger partial charge in [0.25, 0.3) is 5.91 Å². The zero-order valence-electron chi connectivity index (χ0n) is 13.7. The molecule has 0 saturated heterocycles. The van der Waals surface area contributed by atoms with E-state index in [2.05, 4.69) is 5.32 Å². The maximum absolute atomic E-state index is 11.9. The molecule has 5 nitrogen and oxygen atoms in total. The van der Waals surface area contributed by atoms with E-state index in [9.17, 15) is 4.79 Å². The molecule has 0 aromatic heterocycles. The molecule has 5 heteroatoms. The number of amides is 1. The van der Waals surface area contributed by atoms with Crippen molar-refractivity contribution >= 4 is 5.91 Å². The smallest absolute Gasteiger partial charge is 0.257 e. The molecule has 0 saturated carbocycles. The van der Waals surface area contributed by atoms with Gasteiger partial charge in [0.15, 0.2) is 18.1 Å². The number of nitrogens with one attached hydrogen (secondary N) is 1. The first kappa shape index (κ1) is 16.2. The number of hydrogen-bond donors (Lipinski definition) is 1. The second kappa shape index (κ2) is 7.73. The highest BCUT2D eigenvalue weighted by Gasteiger charge is 2.11. The van der Waals surface area contributed by atoms with Crippen molar-refractivity contribution in [3.8, 4) is 17.2 Å². The molecule has 0 atom stereocenters. The Hall–Kier alpha value is -2.69. The van der Waals surface area contributed by atoms with Gasteiger partial charge in [-0.15, -0.1) is 0 Å². The van der Waals surface area contributed by atoms with Crippen LogP contribution in [0.3, 0.4) is 0 Å². The van der Waals surface area contributed by atoms with Gasteiger partial charge in [-0.05, 0) is 42.7 Å². The Morgan fingerprint density at radius 1 is 1.12 bits per heavy atom. The Morgan fingerprint density at radius 2 is 1.92 bits per heavy atom. The van der Waals surface area contributed by atoms with E-state index in [-0.39, 0.29) is 12.5 Å². The van der Waals surface area contributed by atoms with Crippen molar-refractivity contribution in [3.63, 3.8) is 0 Å². The van der Waals surface area contributed by atoms with Gasteiger partial charge in [-0.3, -0.25) is 4.79 Å². The van der Waals surface area contributed by atoms with Crippen molar-refractivity contribution in [1.29, 1.82) is 0 Å². The standard InChI is InChI=1S/C19H21NO4/c1-14-4-2-3-5-16(14)24-13-19(21)20-9-8-15-6-7-17-18(12-15)23-11-10-22-17/h2-7,12H,8-11,13H2,1H3,(H,20,21). The molecule has 0 fully saturated rings. The lowest BCUT2D eigenvalue weighted by atomic mass is 10.1. The molecule has 0 radical (unpaired) electrons. The molecular weight excluding hydrogens is 306 g/mol. The lowest BCUT2D eigenvalue weighted by molar-refractivity contribution is -0.123. The van der Waals surface area contributed by atoms with Crippen LogP contribution in [0, 0.1) is 6.92 Å². The van der Waals surface area contributed by atoms with Crippen molar-refractivity contribution in [3.05, 3.63) is 53.6 Å². The van der Waals surface area contributed by atoms with Crippen LogP contribution in [0.1, 0.15) is 11.1 Å². The van der Waals surface area contributed by atoms with Crippen molar-refractivity contribution in [2.45, 2.75) is 13.3 Å². The van der Waals surface area contributed by atoms with Gasteiger partial charge in [-0.25, -0.2) is 0 Å². The summed E-state index contributed by atoms with van der Waals surface area (Å²) in [6, 6.07) is 13.5. The summed E-state index contributed by atoms with van der Waals surface area (Å²) in [5, 5.41) is 2.86. The molecule has 1 aliphatic rings. The number of carbonyl (C=O) groups excluding carboxylic acids is 1. The topological polar surface area (TPSA) is 56.8 Å². The molecule has 2 aromatic carbocycles. The van der Waals surface area contributed by atoms with Crippen LogP contribution < -0.4 is 19.5 Å². The summed E-state index contributed by atoms with van der Waals surface area (Å²) in [6.07, 6.45) is 0.729. The molecule has 1 heterocycles. The van der Waals surface area contributed by atoms with Gasteiger partial charge in [0, 0.05) is 6.54 Å². The minimum atomic E-state index is -0.129. The fourth-order valence-corrected chi connectivity index (χ4v) is 2.50. The molecule has 1 N–H and O–H groups in total. The maximum Gasteiger partial charge on any atom is 0.257 e. The summed E-state index contributed by atoms with van der Waals surface area (Å²) < 4.78 is 16.6. The van der Waals surface area contributed by atoms with Gasteiger partial charge >= 0.3 is 0 Å². The number of para-hydroxylation sites is 1. The molecule has 1 amide bonds. The number of aryl methyl sites for hydroxylation is 1. The Bertz CT molecular complexity index is 714. The molecule has 24 heavy (non-hydrogen) atoms. The number of rotatable bonds is 6. The Morgan fingerprint density at radius 3 is 2.75 bits per heavy atom. The largest absolute Gasteiger partial charge is 0.486 e. The molecule has 3 rings (SSSR count). The third kappa shape index (κ3) is 4.19. The van der Waals surface area contributed by atoms with Crippen LogP contribution in [0.2, 0.25) is 0 Å².